The highest BCUT2D eigenvalue weighted by atomic mass is 16.6. The standard InChI is InChI=1S/C16H23NO5/c1-16(2,3)22-15(20)17-12(13(18)14(19)21-4)10-11-8-6-5-7-9-11/h5-9,12-13,18H,10H2,1-4H3,(H,17,20)/t12-,13+/m1/s1. The lowest BCUT2D eigenvalue weighted by Crippen LogP contribution is -2.49. The highest BCUT2D eigenvalue weighted by Crippen LogP contribution is 2.11. The molecule has 0 radical (unpaired) electrons. The Hall–Kier alpha value is -2.08. The minimum absolute atomic E-state index is 0.274. The molecule has 0 aliphatic heterocycles. The Morgan fingerprint density at radius 1 is 1.23 bits per heavy atom. The SMILES string of the molecule is COC(=O)[C@@H](O)[C@@H](Cc1ccccc1)NC(=O)OC(C)(C)C. The van der Waals surface area contributed by atoms with E-state index < -0.39 is 29.8 Å². The zero-order valence-electron chi connectivity index (χ0n) is 13.3. The van der Waals surface area contributed by atoms with E-state index in [0.29, 0.717) is 0 Å². The van der Waals surface area contributed by atoms with Crippen molar-refractivity contribution in [1.29, 1.82) is 0 Å². The van der Waals surface area contributed by atoms with Crippen LogP contribution in [0.3, 0.4) is 0 Å². The summed E-state index contributed by atoms with van der Waals surface area (Å²) in [6, 6.07) is 8.37. The van der Waals surface area contributed by atoms with Crippen LogP contribution < -0.4 is 5.32 Å². The fraction of sp³-hybridized carbons (Fsp3) is 0.500. The van der Waals surface area contributed by atoms with Gasteiger partial charge in [0.15, 0.2) is 6.10 Å². The van der Waals surface area contributed by atoms with Gasteiger partial charge in [-0.3, -0.25) is 0 Å². The smallest absolute Gasteiger partial charge is 0.407 e. The van der Waals surface area contributed by atoms with Crippen LogP contribution in [0.25, 0.3) is 0 Å². The first-order valence-electron chi connectivity index (χ1n) is 7.02. The first kappa shape index (κ1) is 18.0. The molecule has 0 saturated heterocycles. The van der Waals surface area contributed by atoms with Crippen LogP contribution in [-0.2, 0) is 20.7 Å². The summed E-state index contributed by atoms with van der Waals surface area (Å²) in [5, 5.41) is 12.6. The molecular formula is C16H23NO5. The molecule has 2 atom stereocenters. The molecule has 0 saturated carbocycles. The Kier molecular flexibility index (Phi) is 6.37. The maximum absolute atomic E-state index is 11.9. The number of benzene rings is 1. The maximum Gasteiger partial charge on any atom is 0.407 e. The number of nitrogens with one attached hydrogen (secondary N) is 1. The molecule has 1 aromatic rings. The van der Waals surface area contributed by atoms with E-state index in [-0.39, 0.29) is 6.42 Å². The van der Waals surface area contributed by atoms with Gasteiger partial charge in [0, 0.05) is 0 Å². The normalized spacial score (nSPS) is 13.9. The number of esters is 1. The van der Waals surface area contributed by atoms with Gasteiger partial charge in [0.25, 0.3) is 0 Å². The number of amides is 1. The summed E-state index contributed by atoms with van der Waals surface area (Å²) in [5.41, 5.74) is 0.198. The third-order valence-electron chi connectivity index (χ3n) is 2.82. The molecule has 0 unspecified atom stereocenters. The molecule has 22 heavy (non-hydrogen) atoms. The van der Waals surface area contributed by atoms with E-state index in [1.54, 1.807) is 20.8 Å². The van der Waals surface area contributed by atoms with E-state index >= 15 is 0 Å². The van der Waals surface area contributed by atoms with Gasteiger partial charge in [-0.25, -0.2) is 9.59 Å². The second-order valence-electron chi connectivity index (χ2n) is 5.91. The molecule has 6 nitrogen and oxygen atoms in total. The van der Waals surface area contributed by atoms with Crippen molar-refractivity contribution < 1.29 is 24.2 Å². The van der Waals surface area contributed by atoms with Gasteiger partial charge in [-0.05, 0) is 32.8 Å². The number of methoxy groups -OCH3 is 1. The fourth-order valence-corrected chi connectivity index (χ4v) is 1.85. The predicted octanol–water partition coefficient (Wildman–Crippen LogP) is 1.66. The van der Waals surface area contributed by atoms with Crippen LogP contribution in [0.4, 0.5) is 4.79 Å². The number of ether oxygens (including phenoxy) is 2. The van der Waals surface area contributed by atoms with Crippen LogP contribution in [0.5, 0.6) is 0 Å². The average Bonchev–Trinajstić information content (AvgIpc) is 2.44. The zero-order valence-corrected chi connectivity index (χ0v) is 13.3. The summed E-state index contributed by atoms with van der Waals surface area (Å²) < 4.78 is 9.69. The van der Waals surface area contributed by atoms with Crippen LogP contribution >= 0.6 is 0 Å². The Labute approximate surface area is 130 Å². The number of carbonyl (C=O) groups excluding carboxylic acids is 2. The molecule has 0 aromatic heterocycles. The summed E-state index contributed by atoms with van der Waals surface area (Å²) in [4.78, 5) is 23.4. The third-order valence-corrected chi connectivity index (χ3v) is 2.82. The number of carbonyl (C=O) groups is 2. The number of hydrogen-bond acceptors (Lipinski definition) is 5. The molecule has 6 heteroatoms. The summed E-state index contributed by atoms with van der Waals surface area (Å²) in [6.07, 6.45) is -1.90. The molecule has 122 valence electrons. The number of hydrogen-bond donors (Lipinski definition) is 2. The van der Waals surface area contributed by atoms with Crippen molar-refractivity contribution in [2.24, 2.45) is 0 Å². The van der Waals surface area contributed by atoms with Crippen molar-refractivity contribution in [2.75, 3.05) is 7.11 Å². The molecule has 1 aromatic carbocycles. The topological polar surface area (TPSA) is 84.9 Å². The van der Waals surface area contributed by atoms with E-state index in [2.05, 4.69) is 10.1 Å². The lowest BCUT2D eigenvalue weighted by molar-refractivity contribution is -0.151. The highest BCUT2D eigenvalue weighted by molar-refractivity contribution is 5.77. The van der Waals surface area contributed by atoms with Crippen LogP contribution in [0.2, 0.25) is 0 Å². The first-order chi connectivity index (χ1) is 10.2. The Morgan fingerprint density at radius 2 is 1.82 bits per heavy atom. The minimum Gasteiger partial charge on any atom is -0.467 e. The van der Waals surface area contributed by atoms with Crippen molar-refractivity contribution in [3.8, 4) is 0 Å². The van der Waals surface area contributed by atoms with Gasteiger partial charge in [-0.1, -0.05) is 30.3 Å². The van der Waals surface area contributed by atoms with Gasteiger partial charge in [-0.2, -0.15) is 0 Å². The summed E-state index contributed by atoms with van der Waals surface area (Å²) in [5.74, 6) is -0.808. The number of rotatable bonds is 5. The van der Waals surface area contributed by atoms with Gasteiger partial charge in [-0.15, -0.1) is 0 Å². The lowest BCUT2D eigenvalue weighted by Gasteiger charge is -2.25. The van der Waals surface area contributed by atoms with Gasteiger partial charge >= 0.3 is 12.1 Å². The van der Waals surface area contributed by atoms with Gasteiger partial charge in [0.1, 0.15) is 5.60 Å². The van der Waals surface area contributed by atoms with Crippen molar-refractivity contribution in [2.45, 2.75) is 44.9 Å². The number of aliphatic hydroxyl groups excluding tert-OH is 1. The van der Waals surface area contributed by atoms with Crippen LogP contribution in [0.15, 0.2) is 30.3 Å². The van der Waals surface area contributed by atoms with Gasteiger partial charge < -0.3 is 19.9 Å². The van der Waals surface area contributed by atoms with E-state index in [4.69, 9.17) is 4.74 Å². The van der Waals surface area contributed by atoms with Crippen LogP contribution in [0, 0.1) is 0 Å². The second-order valence-corrected chi connectivity index (χ2v) is 5.91. The second kappa shape index (κ2) is 7.79. The summed E-state index contributed by atoms with van der Waals surface area (Å²) in [6.45, 7) is 5.19. The number of alkyl carbamates (subject to hydrolysis) is 1. The van der Waals surface area contributed by atoms with E-state index in [1.165, 1.54) is 7.11 Å². The quantitative estimate of drug-likeness (QED) is 0.808. The lowest BCUT2D eigenvalue weighted by atomic mass is 10.0. The molecule has 0 spiro atoms. The average molecular weight is 309 g/mol. The van der Waals surface area contributed by atoms with E-state index in [0.717, 1.165) is 5.56 Å². The maximum atomic E-state index is 11.9. The zero-order chi connectivity index (χ0) is 16.8. The third kappa shape index (κ3) is 6.13. The predicted molar refractivity (Wildman–Crippen MR) is 81.3 cm³/mol. The molecule has 0 aliphatic carbocycles. The Morgan fingerprint density at radius 3 is 2.32 bits per heavy atom. The van der Waals surface area contributed by atoms with Gasteiger partial charge in [0.2, 0.25) is 0 Å². The minimum atomic E-state index is -1.47. The van der Waals surface area contributed by atoms with Crippen LogP contribution in [0.1, 0.15) is 26.3 Å². The molecule has 0 bridgehead atoms. The van der Waals surface area contributed by atoms with Crippen molar-refractivity contribution in [1.82, 2.24) is 5.32 Å². The summed E-state index contributed by atoms with van der Waals surface area (Å²) in [7, 11) is 1.18. The molecule has 0 heterocycles. The highest BCUT2D eigenvalue weighted by Gasteiger charge is 2.30. The monoisotopic (exact) mass is 309 g/mol. The fourth-order valence-electron chi connectivity index (χ4n) is 1.85. The first-order valence-corrected chi connectivity index (χ1v) is 7.02. The number of aliphatic hydroxyl groups is 1. The van der Waals surface area contributed by atoms with Gasteiger partial charge in [0.05, 0.1) is 13.2 Å². The van der Waals surface area contributed by atoms with Crippen molar-refractivity contribution >= 4 is 12.1 Å². The molecular weight excluding hydrogens is 286 g/mol. The molecule has 0 fully saturated rings. The van der Waals surface area contributed by atoms with E-state index in [1.807, 2.05) is 30.3 Å². The molecule has 2 N–H and O–H groups in total. The largest absolute Gasteiger partial charge is 0.467 e. The molecule has 1 amide bonds. The Balaban J connectivity index is 2.82. The van der Waals surface area contributed by atoms with Crippen molar-refractivity contribution in [3.05, 3.63) is 35.9 Å². The summed E-state index contributed by atoms with van der Waals surface area (Å²) >= 11 is 0. The van der Waals surface area contributed by atoms with E-state index in [9.17, 15) is 14.7 Å². The molecule has 1 rings (SSSR count). The Bertz CT molecular complexity index is 495. The van der Waals surface area contributed by atoms with Crippen molar-refractivity contribution in [3.63, 3.8) is 0 Å². The van der Waals surface area contributed by atoms with Crippen LogP contribution in [-0.4, -0.2) is 42.0 Å². The molecule has 0 aliphatic rings.